The Balaban J connectivity index is 1.83. The number of rotatable bonds is 4. The van der Waals surface area contributed by atoms with Crippen molar-refractivity contribution in [3.63, 3.8) is 0 Å². The molecular formula is C17H13BrFN5O2S2. The van der Waals surface area contributed by atoms with Crippen molar-refractivity contribution in [1.29, 1.82) is 0 Å². The lowest BCUT2D eigenvalue weighted by molar-refractivity contribution is 0.600. The molecule has 0 atom stereocenters. The largest absolute Gasteiger partial charge is 0.383 e. The van der Waals surface area contributed by atoms with Crippen LogP contribution in [0, 0.1) is 5.82 Å². The van der Waals surface area contributed by atoms with Gasteiger partial charge in [0.2, 0.25) is 0 Å². The van der Waals surface area contributed by atoms with Crippen molar-refractivity contribution in [2.45, 2.75) is 4.21 Å². The van der Waals surface area contributed by atoms with Crippen LogP contribution >= 0.6 is 27.3 Å². The fourth-order valence-corrected chi connectivity index (χ4v) is 5.96. The molecule has 0 aliphatic heterocycles. The Bertz CT molecular complexity index is 1320. The second-order valence-electron chi connectivity index (χ2n) is 5.94. The molecule has 0 aliphatic carbocycles. The van der Waals surface area contributed by atoms with Gasteiger partial charge in [0.05, 0.1) is 14.9 Å². The van der Waals surface area contributed by atoms with E-state index in [2.05, 4.69) is 30.6 Å². The number of fused-ring (bicyclic) bond motifs is 1. The molecule has 3 N–H and O–H groups in total. The van der Waals surface area contributed by atoms with Gasteiger partial charge in [0, 0.05) is 24.4 Å². The molecule has 0 spiro atoms. The fraction of sp³-hybridized carbons (Fsp3) is 0.0588. The van der Waals surface area contributed by atoms with E-state index < -0.39 is 15.8 Å². The maximum atomic E-state index is 15.3. The Morgan fingerprint density at radius 2 is 2.00 bits per heavy atom. The van der Waals surface area contributed by atoms with Gasteiger partial charge in [-0.2, -0.15) is 0 Å². The highest BCUT2D eigenvalue weighted by Crippen LogP contribution is 2.36. The van der Waals surface area contributed by atoms with E-state index in [-0.39, 0.29) is 21.3 Å². The van der Waals surface area contributed by atoms with Crippen LogP contribution in [-0.4, -0.2) is 23.0 Å². The summed E-state index contributed by atoms with van der Waals surface area (Å²) in [5.74, 6) is -0.494. The Labute approximate surface area is 172 Å². The predicted octanol–water partition coefficient (Wildman–Crippen LogP) is 3.98. The highest BCUT2D eigenvalue weighted by Gasteiger charge is 2.22. The third kappa shape index (κ3) is 3.15. The van der Waals surface area contributed by atoms with Crippen molar-refractivity contribution in [3.8, 4) is 11.1 Å². The van der Waals surface area contributed by atoms with Crippen LogP contribution in [0.2, 0.25) is 0 Å². The van der Waals surface area contributed by atoms with Crippen LogP contribution < -0.4 is 10.5 Å². The Kier molecular flexibility index (Phi) is 4.60. The molecule has 4 aromatic rings. The Morgan fingerprint density at radius 3 is 2.71 bits per heavy atom. The van der Waals surface area contributed by atoms with Crippen molar-refractivity contribution in [1.82, 2.24) is 14.5 Å². The minimum atomic E-state index is -3.92. The quantitative estimate of drug-likeness (QED) is 0.458. The number of halogens is 2. The number of thiophene rings is 1. The van der Waals surface area contributed by atoms with Crippen LogP contribution in [0.15, 0.2) is 50.9 Å². The predicted molar refractivity (Wildman–Crippen MR) is 111 cm³/mol. The second-order valence-corrected chi connectivity index (χ2v) is 10.3. The van der Waals surface area contributed by atoms with Crippen LogP contribution in [0.3, 0.4) is 0 Å². The summed E-state index contributed by atoms with van der Waals surface area (Å²) in [5.41, 5.74) is 7.04. The number of nitrogens with zero attached hydrogens (tertiary/aromatic N) is 3. The molecule has 4 rings (SSSR count). The van der Waals surface area contributed by atoms with E-state index >= 15 is 4.39 Å². The van der Waals surface area contributed by atoms with Crippen LogP contribution in [0.1, 0.15) is 0 Å². The van der Waals surface area contributed by atoms with E-state index in [9.17, 15) is 8.42 Å². The third-order valence-corrected chi connectivity index (χ3v) is 7.61. The van der Waals surface area contributed by atoms with Crippen molar-refractivity contribution in [2.24, 2.45) is 7.05 Å². The van der Waals surface area contributed by atoms with Gasteiger partial charge in [-0.1, -0.05) is 12.1 Å². The van der Waals surface area contributed by atoms with Gasteiger partial charge in [-0.3, -0.25) is 4.72 Å². The van der Waals surface area contributed by atoms with Gasteiger partial charge in [-0.05, 0) is 34.1 Å². The van der Waals surface area contributed by atoms with E-state index in [0.29, 0.717) is 20.4 Å². The monoisotopic (exact) mass is 481 g/mol. The number of hydrogen-bond acceptors (Lipinski definition) is 6. The summed E-state index contributed by atoms with van der Waals surface area (Å²) in [5, 5.41) is 0.506. The molecule has 0 aliphatic rings. The summed E-state index contributed by atoms with van der Waals surface area (Å²) in [7, 11) is -2.15. The molecule has 0 saturated heterocycles. The molecule has 3 heterocycles. The number of aryl methyl sites for hydroxylation is 1. The summed E-state index contributed by atoms with van der Waals surface area (Å²) in [4.78, 5) is 8.15. The molecule has 11 heteroatoms. The SMILES string of the molecule is Cn1cc(-c2cccc(NS(=O)(=O)c3ccc(Br)s3)c2F)c2c(N)ncnc21. The molecule has 1 aromatic carbocycles. The lowest BCUT2D eigenvalue weighted by Gasteiger charge is -2.10. The molecule has 28 heavy (non-hydrogen) atoms. The maximum Gasteiger partial charge on any atom is 0.271 e. The molecule has 3 aromatic heterocycles. The number of nitrogen functional groups attached to an aromatic ring is 1. The summed E-state index contributed by atoms with van der Waals surface area (Å²) in [6.45, 7) is 0. The Hall–Kier alpha value is -2.50. The zero-order chi connectivity index (χ0) is 20.1. The molecule has 0 radical (unpaired) electrons. The zero-order valence-corrected chi connectivity index (χ0v) is 17.6. The van der Waals surface area contributed by atoms with Crippen molar-refractivity contribution >= 4 is 59.8 Å². The van der Waals surface area contributed by atoms with Gasteiger partial charge in [0.1, 0.15) is 22.0 Å². The van der Waals surface area contributed by atoms with Gasteiger partial charge in [0.25, 0.3) is 10.0 Å². The minimum Gasteiger partial charge on any atom is -0.383 e. The van der Waals surface area contributed by atoms with Crippen molar-refractivity contribution < 1.29 is 12.8 Å². The van der Waals surface area contributed by atoms with Gasteiger partial charge in [-0.15, -0.1) is 11.3 Å². The minimum absolute atomic E-state index is 0.0759. The zero-order valence-electron chi connectivity index (χ0n) is 14.3. The lowest BCUT2D eigenvalue weighted by Crippen LogP contribution is -2.12. The highest BCUT2D eigenvalue weighted by atomic mass is 79.9. The number of sulfonamides is 1. The molecule has 7 nitrogen and oxygen atoms in total. The number of hydrogen-bond donors (Lipinski definition) is 2. The van der Waals surface area contributed by atoms with Crippen LogP contribution in [0.5, 0.6) is 0 Å². The van der Waals surface area contributed by atoms with Gasteiger partial charge >= 0.3 is 0 Å². The van der Waals surface area contributed by atoms with Crippen LogP contribution in [-0.2, 0) is 17.1 Å². The van der Waals surface area contributed by atoms with Gasteiger partial charge in [-0.25, -0.2) is 22.8 Å². The molecule has 0 saturated carbocycles. The first kappa shape index (κ1) is 18.8. The second kappa shape index (κ2) is 6.83. The average molecular weight is 482 g/mol. The molecular weight excluding hydrogens is 469 g/mol. The summed E-state index contributed by atoms with van der Waals surface area (Å²) in [6, 6.07) is 7.55. The first-order valence-electron chi connectivity index (χ1n) is 7.90. The highest BCUT2D eigenvalue weighted by molar-refractivity contribution is 9.11. The summed E-state index contributed by atoms with van der Waals surface area (Å²) < 4.78 is 45.1. The number of nitrogens with one attached hydrogen (secondary N) is 1. The molecule has 144 valence electrons. The molecule has 0 amide bonds. The normalized spacial score (nSPS) is 11.8. The average Bonchev–Trinajstić information content (AvgIpc) is 3.22. The number of aromatic nitrogens is 3. The topological polar surface area (TPSA) is 103 Å². The van der Waals surface area contributed by atoms with Crippen molar-refractivity contribution in [2.75, 3.05) is 10.5 Å². The maximum absolute atomic E-state index is 15.3. The first-order chi connectivity index (χ1) is 13.3. The Morgan fingerprint density at radius 1 is 1.21 bits per heavy atom. The molecule has 0 bridgehead atoms. The van der Waals surface area contributed by atoms with Crippen LogP contribution in [0.4, 0.5) is 15.9 Å². The van der Waals surface area contributed by atoms with E-state index in [0.717, 1.165) is 11.3 Å². The molecule has 0 fully saturated rings. The fourth-order valence-electron chi connectivity index (χ4n) is 2.89. The van der Waals surface area contributed by atoms with E-state index in [1.807, 2.05) is 0 Å². The van der Waals surface area contributed by atoms with E-state index in [1.165, 1.54) is 18.5 Å². The summed E-state index contributed by atoms with van der Waals surface area (Å²) in [6.07, 6.45) is 3.02. The van der Waals surface area contributed by atoms with Gasteiger partial charge in [0.15, 0.2) is 5.82 Å². The standard InChI is InChI=1S/C17H13BrFN5O2S2/c1-24-7-10(14-16(20)21-8-22-17(14)24)9-3-2-4-11(15(9)19)23-28(25,26)13-6-5-12(18)27-13/h2-8,23H,1H3,(H2,20,21,22). The van der Waals surface area contributed by atoms with Gasteiger partial charge < -0.3 is 10.3 Å². The van der Waals surface area contributed by atoms with Crippen molar-refractivity contribution in [3.05, 3.63) is 52.5 Å². The smallest absolute Gasteiger partial charge is 0.271 e. The number of benzene rings is 1. The first-order valence-corrected chi connectivity index (χ1v) is 11.0. The van der Waals surface area contributed by atoms with E-state index in [1.54, 1.807) is 36.0 Å². The summed E-state index contributed by atoms with van der Waals surface area (Å²) >= 11 is 4.26. The lowest BCUT2D eigenvalue weighted by atomic mass is 10.0. The molecule has 0 unspecified atom stereocenters. The third-order valence-electron chi connectivity index (χ3n) is 4.13. The number of nitrogens with two attached hydrogens (primary N) is 1. The van der Waals surface area contributed by atoms with Crippen LogP contribution in [0.25, 0.3) is 22.2 Å². The number of anilines is 2. The van der Waals surface area contributed by atoms with E-state index in [4.69, 9.17) is 5.73 Å².